The maximum absolute atomic E-state index is 12.4. The van der Waals surface area contributed by atoms with Gasteiger partial charge in [-0.25, -0.2) is 0 Å². The monoisotopic (exact) mass is 296 g/mol. The molecule has 1 amide bonds. The minimum atomic E-state index is -0.0180. The summed E-state index contributed by atoms with van der Waals surface area (Å²) < 4.78 is 0. The quantitative estimate of drug-likeness (QED) is 0.905. The van der Waals surface area contributed by atoms with Crippen LogP contribution in [0.2, 0.25) is 0 Å². The summed E-state index contributed by atoms with van der Waals surface area (Å²) in [7, 11) is 0. The van der Waals surface area contributed by atoms with Gasteiger partial charge >= 0.3 is 0 Å². The summed E-state index contributed by atoms with van der Waals surface area (Å²) in [6, 6.07) is 17.6. The van der Waals surface area contributed by atoms with E-state index in [0.717, 1.165) is 11.3 Å². The van der Waals surface area contributed by atoms with E-state index in [9.17, 15) is 4.79 Å². The Morgan fingerprint density at radius 1 is 1.10 bits per heavy atom. The Bertz CT molecular complexity index is 649. The van der Waals surface area contributed by atoms with Crippen LogP contribution in [-0.2, 0) is 4.79 Å². The van der Waals surface area contributed by atoms with Crippen molar-refractivity contribution in [3.05, 3.63) is 65.7 Å². The van der Waals surface area contributed by atoms with Crippen molar-refractivity contribution in [2.24, 2.45) is 0 Å². The zero-order valence-corrected chi connectivity index (χ0v) is 12.6. The molecule has 3 rings (SSSR count). The summed E-state index contributed by atoms with van der Waals surface area (Å²) >= 11 is 1.44. The normalized spacial score (nSPS) is 18.9. The molecule has 4 heteroatoms. The molecule has 0 radical (unpaired) electrons. The smallest absolute Gasteiger partial charge is 0.234 e. The van der Waals surface area contributed by atoms with Crippen molar-refractivity contribution < 1.29 is 4.79 Å². The predicted molar refractivity (Wildman–Crippen MR) is 87.8 cm³/mol. The Morgan fingerprint density at radius 3 is 2.38 bits per heavy atom. The molecule has 0 saturated carbocycles. The third-order valence-electron chi connectivity index (χ3n) is 3.53. The summed E-state index contributed by atoms with van der Waals surface area (Å²) in [5.41, 5.74) is 3.07. The molecule has 1 saturated heterocycles. The van der Waals surface area contributed by atoms with E-state index in [1.54, 1.807) is 0 Å². The molecule has 1 N–H and O–H groups in total. The molecule has 0 bridgehead atoms. The topological polar surface area (TPSA) is 44.2 Å². The van der Waals surface area contributed by atoms with Gasteiger partial charge in [-0.3, -0.25) is 15.1 Å². The van der Waals surface area contributed by atoms with Crippen LogP contribution < -0.4 is 4.90 Å². The molecule has 0 aromatic heterocycles. The van der Waals surface area contributed by atoms with Gasteiger partial charge in [0.05, 0.1) is 5.69 Å². The van der Waals surface area contributed by atoms with E-state index in [1.165, 1.54) is 22.2 Å². The van der Waals surface area contributed by atoms with Crippen LogP contribution in [0.25, 0.3) is 0 Å². The van der Waals surface area contributed by atoms with E-state index < -0.39 is 0 Å². The second kappa shape index (κ2) is 5.74. The van der Waals surface area contributed by atoms with Crippen molar-refractivity contribution in [2.45, 2.75) is 18.6 Å². The van der Waals surface area contributed by atoms with Gasteiger partial charge in [-0.2, -0.15) is 0 Å². The number of thioether (sulfide) groups is 1. The molecular weight excluding hydrogens is 280 g/mol. The molecule has 1 aliphatic rings. The SMILES string of the molecule is Cc1ccc(C2CC(=O)N(c3ccccc3)C(=N)S2)cc1. The molecule has 1 atom stereocenters. The Morgan fingerprint density at radius 2 is 1.76 bits per heavy atom. The minimum Gasteiger partial charge on any atom is -0.278 e. The highest BCUT2D eigenvalue weighted by Crippen LogP contribution is 2.39. The number of nitrogens with one attached hydrogen (secondary N) is 1. The number of anilines is 1. The number of rotatable bonds is 2. The van der Waals surface area contributed by atoms with Crippen molar-refractivity contribution >= 4 is 28.5 Å². The fraction of sp³-hybridized carbons (Fsp3) is 0.176. The number of hydrogen-bond acceptors (Lipinski definition) is 3. The van der Waals surface area contributed by atoms with E-state index in [4.69, 9.17) is 5.41 Å². The first-order chi connectivity index (χ1) is 10.1. The first-order valence-electron chi connectivity index (χ1n) is 6.85. The molecule has 3 nitrogen and oxygen atoms in total. The van der Waals surface area contributed by atoms with Gasteiger partial charge in [-0.1, -0.05) is 59.8 Å². The summed E-state index contributed by atoms with van der Waals surface area (Å²) in [5, 5.41) is 8.53. The molecular formula is C17H16N2OS. The van der Waals surface area contributed by atoms with Crippen LogP contribution in [-0.4, -0.2) is 11.1 Å². The lowest BCUT2D eigenvalue weighted by molar-refractivity contribution is -0.117. The standard InChI is InChI=1S/C17H16N2OS/c1-12-7-9-13(10-8-12)15-11-16(20)19(17(18)21-15)14-5-3-2-4-6-14/h2-10,15,18H,11H2,1H3. The molecule has 0 spiro atoms. The Hall–Kier alpha value is -2.07. The fourth-order valence-corrected chi connectivity index (χ4v) is 3.50. The number of nitrogens with zero attached hydrogens (tertiary/aromatic N) is 1. The number of carbonyl (C=O) groups is 1. The van der Waals surface area contributed by atoms with Gasteiger partial charge in [0.25, 0.3) is 0 Å². The molecule has 0 aliphatic carbocycles. The van der Waals surface area contributed by atoms with Crippen LogP contribution in [0, 0.1) is 12.3 Å². The number of amidine groups is 1. The third-order valence-corrected chi connectivity index (χ3v) is 4.66. The Kier molecular flexibility index (Phi) is 3.80. The Balaban J connectivity index is 1.83. The second-order valence-corrected chi connectivity index (χ2v) is 6.28. The highest BCUT2D eigenvalue weighted by molar-refractivity contribution is 8.14. The van der Waals surface area contributed by atoms with Crippen molar-refractivity contribution in [2.75, 3.05) is 4.90 Å². The van der Waals surface area contributed by atoms with Crippen LogP contribution in [0.4, 0.5) is 5.69 Å². The molecule has 21 heavy (non-hydrogen) atoms. The number of carbonyl (C=O) groups excluding carboxylic acids is 1. The maximum Gasteiger partial charge on any atom is 0.234 e. The summed E-state index contributed by atoms with van der Waals surface area (Å²) in [5.74, 6) is -0.0180. The molecule has 106 valence electrons. The summed E-state index contributed by atoms with van der Waals surface area (Å²) in [6.45, 7) is 2.04. The second-order valence-electron chi connectivity index (χ2n) is 5.09. The lowest BCUT2D eigenvalue weighted by Crippen LogP contribution is -2.39. The largest absolute Gasteiger partial charge is 0.278 e. The van der Waals surface area contributed by atoms with Crippen LogP contribution in [0.15, 0.2) is 54.6 Å². The fourth-order valence-electron chi connectivity index (χ4n) is 2.40. The van der Waals surface area contributed by atoms with Crippen molar-refractivity contribution in [3.8, 4) is 0 Å². The Labute approximate surface area is 128 Å². The van der Waals surface area contributed by atoms with Gasteiger partial charge in [0.2, 0.25) is 5.91 Å². The van der Waals surface area contributed by atoms with Gasteiger partial charge in [0, 0.05) is 11.7 Å². The maximum atomic E-state index is 12.4. The lowest BCUT2D eigenvalue weighted by atomic mass is 10.1. The zero-order chi connectivity index (χ0) is 14.8. The van der Waals surface area contributed by atoms with Gasteiger partial charge in [0.15, 0.2) is 5.17 Å². The summed E-state index contributed by atoms with van der Waals surface area (Å²) in [6.07, 6.45) is 0.422. The van der Waals surface area contributed by atoms with Gasteiger partial charge < -0.3 is 0 Å². The highest BCUT2D eigenvalue weighted by atomic mass is 32.2. The predicted octanol–water partition coefficient (Wildman–Crippen LogP) is 4.14. The number of amides is 1. The number of aryl methyl sites for hydroxylation is 1. The van der Waals surface area contributed by atoms with Gasteiger partial charge in [-0.05, 0) is 24.6 Å². The first-order valence-corrected chi connectivity index (χ1v) is 7.73. The molecule has 1 heterocycles. The van der Waals surface area contributed by atoms with Crippen LogP contribution in [0.5, 0.6) is 0 Å². The number of benzene rings is 2. The molecule has 1 unspecified atom stereocenters. The van der Waals surface area contributed by atoms with Crippen LogP contribution >= 0.6 is 11.8 Å². The van der Waals surface area contributed by atoms with E-state index in [-0.39, 0.29) is 11.2 Å². The minimum absolute atomic E-state index is 0.0180. The third kappa shape index (κ3) is 2.85. The molecule has 1 aliphatic heterocycles. The first kappa shape index (κ1) is 13.9. The number of hydrogen-bond donors (Lipinski definition) is 1. The summed E-state index contributed by atoms with van der Waals surface area (Å²) in [4.78, 5) is 13.9. The van der Waals surface area contributed by atoms with E-state index in [1.807, 2.05) is 61.5 Å². The van der Waals surface area contributed by atoms with E-state index >= 15 is 0 Å². The van der Waals surface area contributed by atoms with Crippen molar-refractivity contribution in [1.82, 2.24) is 0 Å². The van der Waals surface area contributed by atoms with E-state index in [0.29, 0.717) is 11.6 Å². The molecule has 1 fully saturated rings. The van der Waals surface area contributed by atoms with Crippen LogP contribution in [0.3, 0.4) is 0 Å². The van der Waals surface area contributed by atoms with Gasteiger partial charge in [0.1, 0.15) is 0 Å². The van der Waals surface area contributed by atoms with Gasteiger partial charge in [-0.15, -0.1) is 0 Å². The van der Waals surface area contributed by atoms with E-state index in [2.05, 4.69) is 0 Å². The average molecular weight is 296 g/mol. The number of para-hydroxylation sites is 1. The average Bonchev–Trinajstić information content (AvgIpc) is 2.48. The van der Waals surface area contributed by atoms with Crippen molar-refractivity contribution in [3.63, 3.8) is 0 Å². The molecule has 2 aromatic rings. The lowest BCUT2D eigenvalue weighted by Gasteiger charge is -2.31. The highest BCUT2D eigenvalue weighted by Gasteiger charge is 2.32. The van der Waals surface area contributed by atoms with Crippen LogP contribution in [0.1, 0.15) is 22.8 Å². The molecule has 2 aromatic carbocycles. The zero-order valence-electron chi connectivity index (χ0n) is 11.7. The van der Waals surface area contributed by atoms with Crippen molar-refractivity contribution in [1.29, 1.82) is 5.41 Å².